The molecular formula is C27H43N9O14P2. The maximum atomic E-state index is 12.7. The molecule has 25 heteroatoms. The number of unbranched alkanes of at least 4 members (excludes halogenated alkanes) is 3. The van der Waals surface area contributed by atoms with Gasteiger partial charge < -0.3 is 67.1 Å². The number of imidazole rings is 1. The molecule has 2 saturated heterocycles. The lowest BCUT2D eigenvalue weighted by Crippen LogP contribution is -2.40. The minimum atomic E-state index is -5.42. The van der Waals surface area contributed by atoms with Gasteiger partial charge in [-0.25, -0.2) is 24.1 Å². The normalized spacial score (nSPS) is 30.0. The first kappa shape index (κ1) is 40.1. The van der Waals surface area contributed by atoms with Crippen LogP contribution in [0, 0.1) is 0 Å². The van der Waals surface area contributed by atoms with Crippen molar-refractivity contribution in [1.29, 1.82) is 0 Å². The Morgan fingerprint density at radius 3 is 2.19 bits per heavy atom. The maximum Gasteiger partial charge on any atom is 0.481 e. The first-order chi connectivity index (χ1) is 24.6. The second kappa shape index (κ2) is 16.9. The molecule has 3 aliphatic heterocycles. The Hall–Kier alpha value is -3.12. The molecule has 23 nitrogen and oxygen atoms in total. The van der Waals surface area contributed by atoms with Crippen molar-refractivity contribution in [2.45, 2.75) is 81.2 Å². The third kappa shape index (κ3) is 9.32. The molecule has 5 rings (SSSR count). The maximum absolute atomic E-state index is 12.7. The van der Waals surface area contributed by atoms with Gasteiger partial charge in [-0.1, -0.05) is 18.9 Å². The van der Waals surface area contributed by atoms with E-state index in [1.54, 1.807) is 6.08 Å². The lowest BCUT2D eigenvalue weighted by molar-refractivity contribution is -0.115. The zero-order valence-electron chi connectivity index (χ0n) is 27.6. The summed E-state index contributed by atoms with van der Waals surface area (Å²) in [6, 6.07) is 0. The van der Waals surface area contributed by atoms with E-state index in [0.29, 0.717) is 13.1 Å². The fraction of sp³-hybridized carbons (Fsp3) is 0.630. The summed E-state index contributed by atoms with van der Waals surface area (Å²) in [5.41, 5.74) is 17.4. The molecule has 0 aliphatic carbocycles. The average molecular weight is 780 g/mol. The first-order valence-electron chi connectivity index (χ1n) is 16.2. The van der Waals surface area contributed by atoms with E-state index in [-0.39, 0.29) is 34.9 Å². The van der Waals surface area contributed by atoms with Crippen molar-refractivity contribution in [2.75, 3.05) is 37.4 Å². The predicted octanol–water partition coefficient (Wildman–Crippen LogP) is -1.76. The molecule has 2 fully saturated rings. The van der Waals surface area contributed by atoms with Gasteiger partial charge in [0.25, 0.3) is 0 Å². The lowest BCUT2D eigenvalue weighted by atomic mass is 10.1. The minimum absolute atomic E-state index is 0.0387. The minimum Gasteiger partial charge on any atom is -0.387 e. The van der Waals surface area contributed by atoms with Gasteiger partial charge in [0.15, 0.2) is 29.4 Å². The van der Waals surface area contributed by atoms with E-state index in [1.807, 2.05) is 0 Å². The van der Waals surface area contributed by atoms with Crippen LogP contribution in [0.25, 0.3) is 11.2 Å². The summed E-state index contributed by atoms with van der Waals surface area (Å²) in [7, 11) is -10.8. The van der Waals surface area contributed by atoms with Crippen LogP contribution in [0.5, 0.6) is 0 Å². The van der Waals surface area contributed by atoms with Crippen LogP contribution in [0.4, 0.5) is 11.8 Å². The highest BCUT2D eigenvalue weighted by Crippen LogP contribution is 2.60. The van der Waals surface area contributed by atoms with Gasteiger partial charge in [-0.2, -0.15) is 4.31 Å². The molecule has 5 heterocycles. The molecule has 0 spiro atoms. The molecule has 0 saturated carbocycles. The SMILES string of the molecule is NCCCCCCNc1nc2c(N)ncnc2n1[C@@H]1O[C@H](COP(=O)(O)OP(=O)(O)OC[C@H]2O[C@@H](N3C=CCC(C(N)=O)=C3)[C@H](O)[C@@H]2O)[C@@H](O)[C@H]1O. The Bertz CT molecular complexity index is 1730. The van der Waals surface area contributed by atoms with Crippen LogP contribution in [0.1, 0.15) is 38.3 Å². The van der Waals surface area contributed by atoms with Crippen molar-refractivity contribution in [3.8, 4) is 0 Å². The Morgan fingerprint density at radius 2 is 1.56 bits per heavy atom. The summed E-state index contributed by atoms with van der Waals surface area (Å²) in [6.45, 7) is -0.770. The highest BCUT2D eigenvalue weighted by atomic mass is 31.3. The molecule has 3 aliphatic rings. The molecule has 52 heavy (non-hydrogen) atoms. The van der Waals surface area contributed by atoms with Crippen molar-refractivity contribution in [3.05, 3.63) is 30.4 Å². The largest absolute Gasteiger partial charge is 0.481 e. The summed E-state index contributed by atoms with van der Waals surface area (Å²) >= 11 is 0. The summed E-state index contributed by atoms with van der Waals surface area (Å²) < 4.78 is 51.9. The third-order valence-corrected chi connectivity index (χ3v) is 11.0. The quantitative estimate of drug-likeness (QED) is 0.0592. The molecule has 290 valence electrons. The number of carbonyl (C=O) groups excluding carboxylic acids is 1. The monoisotopic (exact) mass is 779 g/mol. The molecule has 2 aromatic heterocycles. The second-order valence-electron chi connectivity index (χ2n) is 12.1. The number of anilines is 2. The first-order valence-corrected chi connectivity index (χ1v) is 19.2. The number of ether oxygens (including phenoxy) is 2. The summed E-state index contributed by atoms with van der Waals surface area (Å²) in [5, 5.41) is 45.8. The fourth-order valence-corrected chi connectivity index (χ4v) is 7.81. The molecule has 2 aromatic rings. The molecule has 10 atom stereocenters. The number of nitrogens with two attached hydrogens (primary N) is 3. The standard InChI is InChI=1S/C27H43N9O14P2/c28-7-3-1-2-4-8-31-27-34-17-22(29)32-13-33-24(17)36(27)26-21(40)19(38)16(49-26)12-47-52(44,45)50-51(42,43)46-11-15-18(37)20(39)25(48-15)35-9-5-6-14(10-35)23(30)41/h5,9-10,13,15-16,18-21,25-26,37-40H,1-4,6-8,11-12,28H2,(H2,30,41)(H,31,34)(H,42,43)(H,44,45)(H2,29,32,33)/t15-,16-,18-,19-,20-,21-,25-,26-/m1/s1. The van der Waals surface area contributed by atoms with Crippen LogP contribution in [0.2, 0.25) is 0 Å². The number of amides is 1. The molecule has 1 amide bonds. The lowest BCUT2D eigenvalue weighted by Gasteiger charge is -2.28. The number of phosphoric ester groups is 2. The van der Waals surface area contributed by atoms with E-state index in [9.17, 15) is 44.1 Å². The number of nitrogen functional groups attached to an aromatic ring is 1. The van der Waals surface area contributed by atoms with Gasteiger partial charge in [0.2, 0.25) is 11.9 Å². The summed E-state index contributed by atoms with van der Waals surface area (Å²) in [4.78, 5) is 45.7. The number of allylic oxidation sites excluding steroid dienone is 1. The number of nitrogens with zero attached hydrogens (tertiary/aromatic N) is 5. The van der Waals surface area contributed by atoms with Crippen LogP contribution in [-0.4, -0.2) is 130 Å². The number of aliphatic hydroxyl groups is 4. The predicted molar refractivity (Wildman–Crippen MR) is 178 cm³/mol. The highest BCUT2D eigenvalue weighted by molar-refractivity contribution is 7.61. The van der Waals surface area contributed by atoms with Gasteiger partial charge in [0.1, 0.15) is 43.0 Å². The Kier molecular flexibility index (Phi) is 13.0. The smallest absolute Gasteiger partial charge is 0.387 e. The van der Waals surface area contributed by atoms with Crippen molar-refractivity contribution in [2.24, 2.45) is 11.5 Å². The van der Waals surface area contributed by atoms with Crippen molar-refractivity contribution < 1.29 is 67.0 Å². The second-order valence-corrected chi connectivity index (χ2v) is 15.2. The van der Waals surface area contributed by atoms with E-state index >= 15 is 0 Å². The zero-order chi connectivity index (χ0) is 37.8. The number of nitrogens with one attached hydrogen (secondary N) is 1. The molecule has 0 bridgehead atoms. The van der Waals surface area contributed by atoms with E-state index in [1.165, 1.54) is 28.2 Å². The van der Waals surface area contributed by atoms with Crippen molar-refractivity contribution in [1.82, 2.24) is 24.4 Å². The van der Waals surface area contributed by atoms with Gasteiger partial charge in [-0.05, 0) is 25.8 Å². The number of hydrogen-bond donors (Lipinski definition) is 10. The van der Waals surface area contributed by atoms with Gasteiger partial charge >= 0.3 is 15.6 Å². The third-order valence-electron chi connectivity index (χ3n) is 8.39. The number of hydrogen-bond acceptors (Lipinski definition) is 19. The van der Waals surface area contributed by atoms with Crippen LogP contribution >= 0.6 is 15.6 Å². The summed E-state index contributed by atoms with van der Waals surface area (Å²) in [5.74, 6) is -0.490. The molecular weight excluding hydrogens is 736 g/mol. The van der Waals surface area contributed by atoms with E-state index in [4.69, 9.17) is 35.7 Å². The highest BCUT2D eigenvalue weighted by Gasteiger charge is 2.49. The Labute approximate surface area is 296 Å². The fourth-order valence-electron chi connectivity index (χ4n) is 5.72. The van der Waals surface area contributed by atoms with E-state index < -0.39 is 83.8 Å². The Morgan fingerprint density at radius 1 is 0.942 bits per heavy atom. The van der Waals surface area contributed by atoms with Gasteiger partial charge in [0.05, 0.1) is 13.2 Å². The van der Waals surface area contributed by atoms with Gasteiger partial charge in [0, 0.05) is 24.5 Å². The number of aromatic nitrogens is 4. The number of carbonyl (C=O) groups is 1. The average Bonchev–Trinajstić information content (AvgIpc) is 3.70. The van der Waals surface area contributed by atoms with Crippen LogP contribution in [-0.2, 0) is 36.8 Å². The van der Waals surface area contributed by atoms with Crippen LogP contribution in [0.15, 0.2) is 30.4 Å². The van der Waals surface area contributed by atoms with Gasteiger partial charge in [-0.3, -0.25) is 18.4 Å². The number of phosphoric acid groups is 2. The molecule has 0 aromatic carbocycles. The van der Waals surface area contributed by atoms with E-state index in [2.05, 4.69) is 24.6 Å². The van der Waals surface area contributed by atoms with Crippen molar-refractivity contribution >= 4 is 44.5 Å². The molecule has 0 radical (unpaired) electrons. The molecule has 2 unspecified atom stereocenters. The molecule has 13 N–H and O–H groups in total. The van der Waals surface area contributed by atoms with E-state index in [0.717, 1.165) is 25.7 Å². The number of primary amides is 1. The number of aliphatic hydroxyl groups excluding tert-OH is 4. The van der Waals surface area contributed by atoms with Crippen LogP contribution < -0.4 is 22.5 Å². The topological polar surface area (TPSA) is 356 Å². The van der Waals surface area contributed by atoms with Crippen molar-refractivity contribution in [3.63, 3.8) is 0 Å². The number of rotatable bonds is 18. The summed E-state index contributed by atoms with van der Waals surface area (Å²) in [6.07, 6.45) is -2.90. The van der Waals surface area contributed by atoms with Gasteiger partial charge in [-0.15, -0.1) is 0 Å². The van der Waals surface area contributed by atoms with Crippen LogP contribution in [0.3, 0.4) is 0 Å². The number of fused-ring (bicyclic) bond motifs is 1. The zero-order valence-corrected chi connectivity index (χ0v) is 29.4. The Balaban J connectivity index is 1.17.